The molecule has 114 valence electrons. The van der Waals surface area contributed by atoms with Gasteiger partial charge in [-0.25, -0.2) is 4.79 Å². The molecule has 0 saturated heterocycles. The third kappa shape index (κ3) is 3.25. The molecule has 6 heteroatoms. The highest BCUT2D eigenvalue weighted by Crippen LogP contribution is 2.33. The molecule has 1 atom stereocenters. The lowest BCUT2D eigenvalue weighted by Crippen LogP contribution is -2.55. The van der Waals surface area contributed by atoms with Crippen LogP contribution in [0.25, 0.3) is 0 Å². The number of hydrogen-bond donors (Lipinski definition) is 2. The number of carbonyl (C=O) groups excluding carboxylic acids is 1. The molecule has 0 aromatic heterocycles. The van der Waals surface area contributed by atoms with Crippen molar-refractivity contribution in [2.75, 3.05) is 13.7 Å². The first-order chi connectivity index (χ1) is 9.91. The van der Waals surface area contributed by atoms with Crippen LogP contribution in [0.4, 0.5) is 0 Å². The molecule has 0 aliphatic heterocycles. The highest BCUT2D eigenvalue weighted by molar-refractivity contribution is 6.31. The van der Waals surface area contributed by atoms with E-state index in [9.17, 15) is 19.8 Å². The zero-order valence-electron chi connectivity index (χ0n) is 11.8. The average Bonchev–Trinajstić information content (AvgIpc) is 2.47. The van der Waals surface area contributed by atoms with E-state index in [-0.39, 0.29) is 17.0 Å². The number of carboxylic acids is 1. The van der Waals surface area contributed by atoms with Crippen molar-refractivity contribution in [2.45, 2.75) is 18.4 Å². The SMILES string of the molecule is C=CCCC(=O)N(C)[C@@](CO)(C(=O)O)c1ccccc1Cl. The van der Waals surface area contributed by atoms with Crippen LogP contribution in [0.3, 0.4) is 0 Å². The van der Waals surface area contributed by atoms with Crippen molar-refractivity contribution in [2.24, 2.45) is 0 Å². The quantitative estimate of drug-likeness (QED) is 0.755. The van der Waals surface area contributed by atoms with E-state index in [1.54, 1.807) is 18.2 Å². The summed E-state index contributed by atoms with van der Waals surface area (Å²) in [7, 11) is 1.35. The van der Waals surface area contributed by atoms with E-state index in [1.165, 1.54) is 19.2 Å². The third-order valence-electron chi connectivity index (χ3n) is 3.41. The number of halogens is 1. The molecular weight excluding hydrogens is 294 g/mol. The number of aliphatic hydroxyl groups excluding tert-OH is 1. The number of aliphatic hydroxyl groups is 1. The number of allylic oxidation sites excluding steroid dienone is 1. The van der Waals surface area contributed by atoms with Gasteiger partial charge in [-0.05, 0) is 12.5 Å². The van der Waals surface area contributed by atoms with Crippen molar-refractivity contribution in [3.63, 3.8) is 0 Å². The summed E-state index contributed by atoms with van der Waals surface area (Å²) in [6.45, 7) is 2.75. The maximum Gasteiger partial charge on any atom is 0.336 e. The number of benzene rings is 1. The zero-order valence-corrected chi connectivity index (χ0v) is 12.5. The van der Waals surface area contributed by atoms with E-state index < -0.39 is 24.0 Å². The molecule has 0 unspecified atom stereocenters. The van der Waals surface area contributed by atoms with Gasteiger partial charge in [0.25, 0.3) is 0 Å². The smallest absolute Gasteiger partial charge is 0.336 e. The molecule has 1 rings (SSSR count). The molecule has 0 aliphatic rings. The van der Waals surface area contributed by atoms with E-state index in [1.807, 2.05) is 0 Å². The molecule has 0 saturated carbocycles. The molecule has 0 spiro atoms. The van der Waals surface area contributed by atoms with E-state index in [2.05, 4.69) is 6.58 Å². The molecule has 1 aromatic rings. The maximum absolute atomic E-state index is 12.2. The van der Waals surface area contributed by atoms with Crippen molar-refractivity contribution < 1.29 is 19.8 Å². The second-order valence-corrected chi connectivity index (χ2v) is 4.99. The standard InChI is InChI=1S/C15H18ClNO4/c1-3-4-9-13(19)17(2)15(10-18,14(20)21)11-7-5-6-8-12(11)16/h3,5-8,18H,1,4,9-10H2,2H3,(H,20,21)/t15-/m1/s1. The third-order valence-corrected chi connectivity index (χ3v) is 3.74. The van der Waals surface area contributed by atoms with Gasteiger partial charge in [0.15, 0.2) is 5.54 Å². The van der Waals surface area contributed by atoms with Gasteiger partial charge in [-0.1, -0.05) is 35.9 Å². The predicted molar refractivity (Wildman–Crippen MR) is 80.1 cm³/mol. The minimum absolute atomic E-state index is 0.111. The Morgan fingerprint density at radius 3 is 2.52 bits per heavy atom. The van der Waals surface area contributed by atoms with Crippen LogP contribution < -0.4 is 0 Å². The van der Waals surface area contributed by atoms with Crippen molar-refractivity contribution in [3.05, 3.63) is 47.5 Å². The van der Waals surface area contributed by atoms with Gasteiger partial charge < -0.3 is 15.1 Å². The van der Waals surface area contributed by atoms with E-state index >= 15 is 0 Å². The van der Waals surface area contributed by atoms with Crippen LogP contribution in [0.2, 0.25) is 5.02 Å². The van der Waals surface area contributed by atoms with Crippen LogP contribution in [-0.2, 0) is 15.1 Å². The molecule has 5 nitrogen and oxygen atoms in total. The predicted octanol–water partition coefficient (Wildman–Crippen LogP) is 2.04. The number of hydrogen-bond acceptors (Lipinski definition) is 3. The summed E-state index contributed by atoms with van der Waals surface area (Å²) < 4.78 is 0. The molecule has 0 radical (unpaired) electrons. The Morgan fingerprint density at radius 2 is 2.05 bits per heavy atom. The molecule has 21 heavy (non-hydrogen) atoms. The summed E-state index contributed by atoms with van der Waals surface area (Å²) in [4.78, 5) is 25.0. The Bertz CT molecular complexity index is 546. The van der Waals surface area contributed by atoms with Crippen LogP contribution in [-0.4, -0.2) is 40.6 Å². The van der Waals surface area contributed by atoms with E-state index in [0.29, 0.717) is 6.42 Å². The van der Waals surface area contributed by atoms with Gasteiger partial charge in [-0.3, -0.25) is 4.79 Å². The monoisotopic (exact) mass is 311 g/mol. The summed E-state index contributed by atoms with van der Waals surface area (Å²) in [6.07, 6.45) is 2.11. The average molecular weight is 312 g/mol. The Labute approximate surface area is 128 Å². The van der Waals surface area contributed by atoms with Crippen LogP contribution >= 0.6 is 11.6 Å². The Morgan fingerprint density at radius 1 is 1.43 bits per heavy atom. The minimum atomic E-state index is -1.91. The van der Waals surface area contributed by atoms with Gasteiger partial charge in [0, 0.05) is 24.1 Å². The van der Waals surface area contributed by atoms with Gasteiger partial charge in [-0.2, -0.15) is 0 Å². The molecule has 1 aromatic carbocycles. The molecule has 1 amide bonds. The highest BCUT2D eigenvalue weighted by atomic mass is 35.5. The fourth-order valence-corrected chi connectivity index (χ4v) is 2.39. The minimum Gasteiger partial charge on any atom is -0.479 e. The largest absolute Gasteiger partial charge is 0.479 e. The summed E-state index contributed by atoms with van der Waals surface area (Å²) in [6, 6.07) is 6.27. The van der Waals surface area contributed by atoms with Crippen molar-refractivity contribution in [1.29, 1.82) is 0 Å². The highest BCUT2D eigenvalue weighted by Gasteiger charge is 2.47. The fourth-order valence-electron chi connectivity index (χ4n) is 2.10. The number of amides is 1. The summed E-state index contributed by atoms with van der Waals surface area (Å²) in [5.74, 6) is -1.75. The number of likely N-dealkylation sites (N-methyl/N-ethyl adjacent to an activating group) is 1. The second kappa shape index (κ2) is 7.24. The molecule has 2 N–H and O–H groups in total. The first-order valence-corrected chi connectivity index (χ1v) is 6.76. The van der Waals surface area contributed by atoms with Gasteiger partial charge in [0.05, 0.1) is 6.61 Å². The Kier molecular flexibility index (Phi) is 5.93. The number of carbonyl (C=O) groups is 2. The lowest BCUT2D eigenvalue weighted by Gasteiger charge is -2.37. The van der Waals surface area contributed by atoms with Crippen LogP contribution in [0, 0.1) is 0 Å². The van der Waals surface area contributed by atoms with Crippen molar-refractivity contribution in [3.8, 4) is 0 Å². The number of rotatable bonds is 7. The number of nitrogens with zero attached hydrogens (tertiary/aromatic N) is 1. The molecule has 0 bridgehead atoms. The topological polar surface area (TPSA) is 77.8 Å². The summed E-state index contributed by atoms with van der Waals surface area (Å²) in [5.41, 5.74) is -1.73. The normalized spacial score (nSPS) is 13.3. The van der Waals surface area contributed by atoms with E-state index in [4.69, 9.17) is 11.6 Å². The second-order valence-electron chi connectivity index (χ2n) is 4.58. The number of carboxylic acid groups (broad SMARTS) is 1. The molecule has 0 heterocycles. The van der Waals surface area contributed by atoms with Gasteiger partial charge in [-0.15, -0.1) is 6.58 Å². The van der Waals surface area contributed by atoms with Gasteiger partial charge in [0.1, 0.15) is 0 Å². The molecular formula is C15H18ClNO4. The summed E-state index contributed by atoms with van der Waals surface area (Å²) in [5, 5.41) is 19.5. The first kappa shape index (κ1) is 17.2. The van der Waals surface area contributed by atoms with Crippen molar-refractivity contribution >= 4 is 23.5 Å². The van der Waals surface area contributed by atoms with Gasteiger partial charge in [0.2, 0.25) is 5.91 Å². The van der Waals surface area contributed by atoms with E-state index in [0.717, 1.165) is 4.90 Å². The lowest BCUT2D eigenvalue weighted by atomic mass is 9.88. The maximum atomic E-state index is 12.2. The fraction of sp³-hybridized carbons (Fsp3) is 0.333. The Hall–Kier alpha value is -1.85. The Balaban J connectivity index is 3.34. The van der Waals surface area contributed by atoms with Crippen LogP contribution in [0.5, 0.6) is 0 Å². The lowest BCUT2D eigenvalue weighted by molar-refractivity contribution is -0.162. The molecule has 0 fully saturated rings. The summed E-state index contributed by atoms with van der Waals surface area (Å²) >= 11 is 6.06. The molecule has 0 aliphatic carbocycles. The van der Waals surface area contributed by atoms with Crippen LogP contribution in [0.1, 0.15) is 18.4 Å². The number of aliphatic carboxylic acids is 1. The van der Waals surface area contributed by atoms with Crippen LogP contribution in [0.15, 0.2) is 36.9 Å². The zero-order chi connectivity index (χ0) is 16.0. The van der Waals surface area contributed by atoms with Gasteiger partial charge >= 0.3 is 5.97 Å². The first-order valence-electron chi connectivity index (χ1n) is 6.38. The van der Waals surface area contributed by atoms with Crippen molar-refractivity contribution in [1.82, 2.24) is 4.90 Å².